The fourth-order valence-corrected chi connectivity index (χ4v) is 1.81. The van der Waals surface area contributed by atoms with Gasteiger partial charge < -0.3 is 20.1 Å². The van der Waals surface area contributed by atoms with Crippen LogP contribution in [-0.2, 0) is 16.1 Å². The standard InChI is InChI=1S/C13H24N4O2/c1-5-10(2)17(6-7-18-3)13-8-11(14)15-12(16-13)9-19-4/h8,10H,5-7,9H2,1-4H3,(H2,14,15,16). The first kappa shape index (κ1) is 15.7. The van der Waals surface area contributed by atoms with E-state index in [4.69, 9.17) is 15.2 Å². The van der Waals surface area contributed by atoms with Gasteiger partial charge in [-0.2, -0.15) is 0 Å². The normalized spacial score (nSPS) is 12.4. The summed E-state index contributed by atoms with van der Waals surface area (Å²) in [5.74, 6) is 1.89. The van der Waals surface area contributed by atoms with E-state index in [2.05, 4.69) is 28.7 Å². The maximum atomic E-state index is 5.83. The van der Waals surface area contributed by atoms with Gasteiger partial charge in [-0.05, 0) is 13.3 Å². The summed E-state index contributed by atoms with van der Waals surface area (Å²) in [5, 5.41) is 0. The van der Waals surface area contributed by atoms with E-state index in [0.29, 0.717) is 30.9 Å². The number of nitrogens with two attached hydrogens (primary N) is 1. The van der Waals surface area contributed by atoms with Gasteiger partial charge in [-0.3, -0.25) is 0 Å². The van der Waals surface area contributed by atoms with Gasteiger partial charge in [-0.25, -0.2) is 9.97 Å². The maximum Gasteiger partial charge on any atom is 0.158 e. The zero-order valence-corrected chi connectivity index (χ0v) is 12.2. The fourth-order valence-electron chi connectivity index (χ4n) is 1.81. The van der Waals surface area contributed by atoms with Gasteiger partial charge in [0.05, 0.1) is 6.61 Å². The monoisotopic (exact) mass is 268 g/mol. The molecule has 6 nitrogen and oxygen atoms in total. The van der Waals surface area contributed by atoms with Crippen molar-refractivity contribution in [3.8, 4) is 0 Å². The number of nitrogen functional groups attached to an aromatic ring is 1. The van der Waals surface area contributed by atoms with Crippen LogP contribution in [0, 0.1) is 0 Å². The minimum absolute atomic E-state index is 0.358. The first-order chi connectivity index (χ1) is 9.12. The highest BCUT2D eigenvalue weighted by atomic mass is 16.5. The van der Waals surface area contributed by atoms with Crippen molar-refractivity contribution in [2.75, 3.05) is 38.0 Å². The molecule has 1 atom stereocenters. The van der Waals surface area contributed by atoms with E-state index in [1.807, 2.05) is 0 Å². The average Bonchev–Trinajstić information content (AvgIpc) is 2.38. The highest BCUT2D eigenvalue weighted by Gasteiger charge is 2.15. The first-order valence-electron chi connectivity index (χ1n) is 6.50. The Morgan fingerprint density at radius 3 is 2.63 bits per heavy atom. The number of anilines is 2. The Balaban J connectivity index is 2.99. The molecule has 0 spiro atoms. The van der Waals surface area contributed by atoms with Crippen LogP contribution in [0.1, 0.15) is 26.1 Å². The van der Waals surface area contributed by atoms with Gasteiger partial charge in [-0.1, -0.05) is 6.92 Å². The predicted octanol–water partition coefficient (Wildman–Crippen LogP) is 1.46. The molecule has 0 aliphatic heterocycles. The molecule has 0 bridgehead atoms. The van der Waals surface area contributed by atoms with Crippen LogP contribution in [-0.4, -0.2) is 43.4 Å². The van der Waals surface area contributed by atoms with Gasteiger partial charge in [0, 0.05) is 32.9 Å². The Labute approximate surface area is 114 Å². The van der Waals surface area contributed by atoms with E-state index in [-0.39, 0.29) is 0 Å². The Hall–Kier alpha value is -1.40. The molecular weight excluding hydrogens is 244 g/mol. The second-order valence-corrected chi connectivity index (χ2v) is 4.44. The van der Waals surface area contributed by atoms with Crippen LogP contribution < -0.4 is 10.6 Å². The number of methoxy groups -OCH3 is 2. The summed E-state index contributed by atoms with van der Waals surface area (Å²) >= 11 is 0. The molecule has 0 aliphatic carbocycles. The molecule has 6 heteroatoms. The van der Waals surface area contributed by atoms with Crippen molar-refractivity contribution in [3.63, 3.8) is 0 Å². The summed E-state index contributed by atoms with van der Waals surface area (Å²) in [7, 11) is 3.31. The van der Waals surface area contributed by atoms with Crippen LogP contribution in [0.15, 0.2) is 6.07 Å². The van der Waals surface area contributed by atoms with E-state index < -0.39 is 0 Å². The third kappa shape index (κ3) is 4.65. The van der Waals surface area contributed by atoms with Crippen LogP contribution in [0.5, 0.6) is 0 Å². The van der Waals surface area contributed by atoms with Gasteiger partial charge in [0.25, 0.3) is 0 Å². The highest BCUT2D eigenvalue weighted by molar-refractivity contribution is 5.47. The molecule has 0 aliphatic rings. The molecule has 0 saturated carbocycles. The second-order valence-electron chi connectivity index (χ2n) is 4.44. The predicted molar refractivity (Wildman–Crippen MR) is 76.1 cm³/mol. The quantitative estimate of drug-likeness (QED) is 0.769. The Kier molecular flexibility index (Phi) is 6.52. The molecule has 0 radical (unpaired) electrons. The lowest BCUT2D eigenvalue weighted by Gasteiger charge is -2.29. The molecular formula is C13H24N4O2. The molecule has 0 amide bonds. The lowest BCUT2D eigenvalue weighted by atomic mass is 10.2. The van der Waals surface area contributed by atoms with Gasteiger partial charge in [0.15, 0.2) is 5.82 Å². The molecule has 2 N–H and O–H groups in total. The average molecular weight is 268 g/mol. The maximum absolute atomic E-state index is 5.83. The van der Waals surface area contributed by atoms with E-state index in [1.165, 1.54) is 0 Å². The second kappa shape index (κ2) is 7.91. The minimum Gasteiger partial charge on any atom is -0.384 e. The molecule has 1 aromatic heterocycles. The molecule has 0 fully saturated rings. The van der Waals surface area contributed by atoms with E-state index in [0.717, 1.165) is 18.8 Å². The Morgan fingerprint density at radius 2 is 2.05 bits per heavy atom. The minimum atomic E-state index is 0.358. The Morgan fingerprint density at radius 1 is 1.32 bits per heavy atom. The van der Waals surface area contributed by atoms with E-state index >= 15 is 0 Å². The third-order valence-electron chi connectivity index (χ3n) is 3.01. The summed E-state index contributed by atoms with van der Waals surface area (Å²) in [6, 6.07) is 2.15. The molecule has 0 aromatic carbocycles. The number of nitrogens with zero attached hydrogens (tertiary/aromatic N) is 3. The lowest BCUT2D eigenvalue weighted by molar-refractivity contribution is 0.178. The van der Waals surface area contributed by atoms with Crippen molar-refractivity contribution in [3.05, 3.63) is 11.9 Å². The summed E-state index contributed by atoms with van der Waals surface area (Å²) in [5.41, 5.74) is 5.83. The van der Waals surface area contributed by atoms with Crippen LogP contribution in [0.25, 0.3) is 0 Å². The van der Waals surface area contributed by atoms with Crippen molar-refractivity contribution < 1.29 is 9.47 Å². The Bertz CT molecular complexity index is 387. The smallest absolute Gasteiger partial charge is 0.158 e. The van der Waals surface area contributed by atoms with E-state index in [9.17, 15) is 0 Å². The SMILES string of the molecule is CCC(C)N(CCOC)c1cc(N)nc(COC)n1. The van der Waals surface area contributed by atoms with Crippen molar-refractivity contribution in [1.29, 1.82) is 0 Å². The van der Waals surface area contributed by atoms with E-state index in [1.54, 1.807) is 20.3 Å². The number of hydrogen-bond donors (Lipinski definition) is 1. The van der Waals surface area contributed by atoms with Crippen LogP contribution >= 0.6 is 0 Å². The van der Waals surface area contributed by atoms with Gasteiger partial charge >= 0.3 is 0 Å². The summed E-state index contributed by atoms with van der Waals surface area (Å²) < 4.78 is 10.2. The largest absolute Gasteiger partial charge is 0.384 e. The summed E-state index contributed by atoms with van der Waals surface area (Å²) in [6.45, 7) is 6.08. The summed E-state index contributed by atoms with van der Waals surface area (Å²) in [4.78, 5) is 10.8. The molecule has 108 valence electrons. The highest BCUT2D eigenvalue weighted by Crippen LogP contribution is 2.18. The molecule has 1 unspecified atom stereocenters. The zero-order chi connectivity index (χ0) is 14.3. The molecule has 19 heavy (non-hydrogen) atoms. The lowest BCUT2D eigenvalue weighted by Crippen LogP contribution is -2.36. The zero-order valence-electron chi connectivity index (χ0n) is 12.2. The van der Waals surface area contributed by atoms with Crippen molar-refractivity contribution >= 4 is 11.6 Å². The molecule has 1 heterocycles. The first-order valence-corrected chi connectivity index (χ1v) is 6.50. The van der Waals surface area contributed by atoms with Gasteiger partial charge in [0.2, 0.25) is 0 Å². The molecule has 1 aromatic rings. The molecule has 1 rings (SSSR count). The van der Waals surface area contributed by atoms with Crippen molar-refractivity contribution in [2.24, 2.45) is 0 Å². The fraction of sp³-hybridized carbons (Fsp3) is 0.692. The third-order valence-corrected chi connectivity index (χ3v) is 3.01. The number of ether oxygens (including phenoxy) is 2. The number of aromatic nitrogens is 2. The van der Waals surface area contributed by atoms with Crippen molar-refractivity contribution in [2.45, 2.75) is 32.9 Å². The van der Waals surface area contributed by atoms with Crippen molar-refractivity contribution in [1.82, 2.24) is 9.97 Å². The van der Waals surface area contributed by atoms with Gasteiger partial charge in [0.1, 0.15) is 18.2 Å². The summed E-state index contributed by atoms with van der Waals surface area (Å²) in [6.07, 6.45) is 1.02. The van der Waals surface area contributed by atoms with Gasteiger partial charge in [-0.15, -0.1) is 0 Å². The van der Waals surface area contributed by atoms with Crippen LogP contribution in [0.2, 0.25) is 0 Å². The van der Waals surface area contributed by atoms with Crippen LogP contribution in [0.3, 0.4) is 0 Å². The topological polar surface area (TPSA) is 73.5 Å². The number of rotatable bonds is 8. The van der Waals surface area contributed by atoms with Crippen LogP contribution in [0.4, 0.5) is 11.6 Å². The molecule has 0 saturated heterocycles. The number of hydrogen-bond acceptors (Lipinski definition) is 6.